The van der Waals surface area contributed by atoms with Crippen molar-refractivity contribution in [3.63, 3.8) is 0 Å². The number of carbonyl (C=O) groups excluding carboxylic acids is 1. The average Bonchev–Trinajstić information content (AvgIpc) is 2.50. The van der Waals surface area contributed by atoms with Gasteiger partial charge in [0.05, 0.1) is 11.8 Å². The second-order valence-electron chi connectivity index (χ2n) is 2.69. The number of Topliss-reactive ketones (excluding diaryl/α,β-unsaturated/α-hetero) is 1. The SMILES string of the molecule is C=C(C)C(=O)c1cnn(CC)c1. The second-order valence-corrected chi connectivity index (χ2v) is 2.69. The van der Waals surface area contributed by atoms with E-state index in [9.17, 15) is 4.79 Å². The summed E-state index contributed by atoms with van der Waals surface area (Å²) in [7, 11) is 0. The fraction of sp³-hybridized carbons (Fsp3) is 0.333. The Morgan fingerprint density at radius 2 is 2.42 bits per heavy atom. The van der Waals surface area contributed by atoms with E-state index in [0.717, 1.165) is 6.54 Å². The highest BCUT2D eigenvalue weighted by Gasteiger charge is 2.07. The molecule has 0 aliphatic rings. The molecule has 1 aromatic heterocycles. The van der Waals surface area contributed by atoms with Crippen LogP contribution in [0.2, 0.25) is 0 Å². The van der Waals surface area contributed by atoms with Gasteiger partial charge in [-0.05, 0) is 19.4 Å². The van der Waals surface area contributed by atoms with Crippen molar-refractivity contribution in [2.45, 2.75) is 20.4 Å². The minimum atomic E-state index is -0.0327. The van der Waals surface area contributed by atoms with Gasteiger partial charge in [0, 0.05) is 12.7 Å². The Labute approximate surface area is 71.7 Å². The maximum absolute atomic E-state index is 11.3. The van der Waals surface area contributed by atoms with Gasteiger partial charge in [0.15, 0.2) is 5.78 Å². The highest BCUT2D eigenvalue weighted by Crippen LogP contribution is 2.04. The third kappa shape index (κ3) is 1.61. The Bertz CT molecular complexity index is 312. The minimum Gasteiger partial charge on any atom is -0.289 e. The molecule has 12 heavy (non-hydrogen) atoms. The molecule has 0 unspecified atom stereocenters. The molecule has 0 radical (unpaired) electrons. The number of aromatic nitrogens is 2. The zero-order chi connectivity index (χ0) is 9.14. The molecule has 0 aliphatic heterocycles. The smallest absolute Gasteiger partial charge is 0.191 e. The standard InChI is InChI=1S/C9H12N2O/c1-4-11-6-8(5-10-11)9(12)7(2)3/h5-6H,2,4H2,1,3H3. The van der Waals surface area contributed by atoms with E-state index in [-0.39, 0.29) is 5.78 Å². The van der Waals surface area contributed by atoms with E-state index in [1.54, 1.807) is 24.0 Å². The average molecular weight is 164 g/mol. The van der Waals surface area contributed by atoms with E-state index >= 15 is 0 Å². The zero-order valence-corrected chi connectivity index (χ0v) is 7.37. The molecule has 1 rings (SSSR count). The largest absolute Gasteiger partial charge is 0.289 e. The molecule has 1 heterocycles. The van der Waals surface area contributed by atoms with Crippen LogP contribution in [0.5, 0.6) is 0 Å². The molecule has 0 aliphatic carbocycles. The summed E-state index contributed by atoms with van der Waals surface area (Å²) in [5.74, 6) is -0.0327. The van der Waals surface area contributed by atoms with Crippen LogP contribution >= 0.6 is 0 Å². The zero-order valence-electron chi connectivity index (χ0n) is 7.37. The summed E-state index contributed by atoms with van der Waals surface area (Å²) < 4.78 is 1.72. The van der Waals surface area contributed by atoms with Crippen molar-refractivity contribution >= 4 is 5.78 Å². The van der Waals surface area contributed by atoms with Gasteiger partial charge in [0.25, 0.3) is 0 Å². The Hall–Kier alpha value is -1.38. The Morgan fingerprint density at radius 3 is 2.83 bits per heavy atom. The topological polar surface area (TPSA) is 34.9 Å². The van der Waals surface area contributed by atoms with Crippen molar-refractivity contribution in [2.75, 3.05) is 0 Å². The molecule has 64 valence electrons. The molecule has 0 saturated carbocycles. The lowest BCUT2D eigenvalue weighted by atomic mass is 10.1. The van der Waals surface area contributed by atoms with Crippen molar-refractivity contribution in [1.29, 1.82) is 0 Å². The normalized spacial score (nSPS) is 9.83. The maximum atomic E-state index is 11.3. The molecule has 0 aromatic carbocycles. The molecular formula is C9H12N2O. The van der Waals surface area contributed by atoms with Crippen LogP contribution in [0.15, 0.2) is 24.5 Å². The Kier molecular flexibility index (Phi) is 2.43. The monoisotopic (exact) mass is 164 g/mol. The van der Waals surface area contributed by atoms with Crippen molar-refractivity contribution < 1.29 is 4.79 Å². The number of hydrogen-bond donors (Lipinski definition) is 0. The predicted molar refractivity (Wildman–Crippen MR) is 47.0 cm³/mol. The number of aryl methyl sites for hydroxylation is 1. The predicted octanol–water partition coefficient (Wildman–Crippen LogP) is 1.66. The number of ketones is 1. The first kappa shape index (κ1) is 8.71. The van der Waals surface area contributed by atoms with E-state index < -0.39 is 0 Å². The number of nitrogens with zero attached hydrogens (tertiary/aromatic N) is 2. The fourth-order valence-corrected chi connectivity index (χ4v) is 0.900. The van der Waals surface area contributed by atoms with Crippen molar-refractivity contribution in [3.8, 4) is 0 Å². The van der Waals surface area contributed by atoms with Crippen LogP contribution in [0.4, 0.5) is 0 Å². The van der Waals surface area contributed by atoms with E-state index in [4.69, 9.17) is 0 Å². The third-order valence-corrected chi connectivity index (χ3v) is 1.61. The molecule has 0 bridgehead atoms. The van der Waals surface area contributed by atoms with Crippen LogP contribution in [-0.2, 0) is 6.54 Å². The quantitative estimate of drug-likeness (QED) is 0.503. The van der Waals surface area contributed by atoms with Crippen molar-refractivity contribution in [1.82, 2.24) is 9.78 Å². The third-order valence-electron chi connectivity index (χ3n) is 1.61. The molecule has 0 atom stereocenters. The van der Waals surface area contributed by atoms with Gasteiger partial charge in [-0.3, -0.25) is 9.48 Å². The van der Waals surface area contributed by atoms with Gasteiger partial charge in [-0.1, -0.05) is 6.58 Å². The van der Waals surface area contributed by atoms with Gasteiger partial charge >= 0.3 is 0 Å². The molecule has 0 N–H and O–H groups in total. The summed E-state index contributed by atoms with van der Waals surface area (Å²) in [5.41, 5.74) is 1.16. The lowest BCUT2D eigenvalue weighted by Crippen LogP contribution is -1.98. The second kappa shape index (κ2) is 3.34. The van der Waals surface area contributed by atoms with Gasteiger partial charge in [0.2, 0.25) is 0 Å². The van der Waals surface area contributed by atoms with Crippen molar-refractivity contribution in [3.05, 3.63) is 30.1 Å². The first-order valence-corrected chi connectivity index (χ1v) is 3.87. The molecule has 0 saturated heterocycles. The Morgan fingerprint density at radius 1 is 1.75 bits per heavy atom. The van der Waals surface area contributed by atoms with Gasteiger partial charge in [-0.15, -0.1) is 0 Å². The van der Waals surface area contributed by atoms with E-state index in [0.29, 0.717) is 11.1 Å². The maximum Gasteiger partial charge on any atom is 0.191 e. The first-order chi connectivity index (χ1) is 5.65. The van der Waals surface area contributed by atoms with Crippen LogP contribution in [0.1, 0.15) is 24.2 Å². The van der Waals surface area contributed by atoms with Crippen molar-refractivity contribution in [2.24, 2.45) is 0 Å². The van der Waals surface area contributed by atoms with Gasteiger partial charge < -0.3 is 0 Å². The van der Waals surface area contributed by atoms with E-state index in [1.165, 1.54) is 0 Å². The van der Waals surface area contributed by atoms with Crippen LogP contribution < -0.4 is 0 Å². The lowest BCUT2D eigenvalue weighted by Gasteiger charge is -1.93. The van der Waals surface area contributed by atoms with Crippen LogP contribution in [0.25, 0.3) is 0 Å². The molecule has 0 fully saturated rings. The number of carbonyl (C=O) groups is 1. The minimum absolute atomic E-state index is 0.0327. The van der Waals surface area contributed by atoms with Crippen LogP contribution in [-0.4, -0.2) is 15.6 Å². The number of hydrogen-bond acceptors (Lipinski definition) is 2. The number of allylic oxidation sites excluding steroid dienone is 1. The summed E-state index contributed by atoms with van der Waals surface area (Å²) in [6, 6.07) is 0. The molecule has 3 nitrogen and oxygen atoms in total. The fourth-order valence-electron chi connectivity index (χ4n) is 0.900. The van der Waals surface area contributed by atoms with Gasteiger partial charge in [-0.2, -0.15) is 5.10 Å². The van der Waals surface area contributed by atoms with E-state index in [1.807, 2.05) is 6.92 Å². The molecule has 0 amide bonds. The summed E-state index contributed by atoms with van der Waals surface area (Å²) in [4.78, 5) is 11.3. The summed E-state index contributed by atoms with van der Waals surface area (Å²) in [6.45, 7) is 8.04. The van der Waals surface area contributed by atoms with Crippen LogP contribution in [0.3, 0.4) is 0 Å². The van der Waals surface area contributed by atoms with Crippen LogP contribution in [0, 0.1) is 0 Å². The Balaban J connectivity index is 2.89. The highest BCUT2D eigenvalue weighted by atomic mass is 16.1. The molecule has 3 heteroatoms. The lowest BCUT2D eigenvalue weighted by molar-refractivity contribution is 0.103. The van der Waals surface area contributed by atoms with Gasteiger partial charge in [0.1, 0.15) is 0 Å². The number of rotatable bonds is 3. The van der Waals surface area contributed by atoms with E-state index in [2.05, 4.69) is 11.7 Å². The van der Waals surface area contributed by atoms with Gasteiger partial charge in [-0.25, -0.2) is 0 Å². The summed E-state index contributed by atoms with van der Waals surface area (Å²) in [5, 5.41) is 3.99. The summed E-state index contributed by atoms with van der Waals surface area (Å²) in [6.07, 6.45) is 3.30. The molecule has 0 spiro atoms. The summed E-state index contributed by atoms with van der Waals surface area (Å²) >= 11 is 0. The highest BCUT2D eigenvalue weighted by molar-refractivity contribution is 6.07. The molecular weight excluding hydrogens is 152 g/mol. The molecule has 1 aromatic rings. The first-order valence-electron chi connectivity index (χ1n) is 3.87.